The molecule has 1 rings (SSSR count). The van der Waals surface area contributed by atoms with E-state index in [9.17, 15) is 9.18 Å². The molecular weight excluding hydrogens is 215 g/mol. The Kier molecular flexibility index (Phi) is 4.04. The number of hydrogen-bond donors (Lipinski definition) is 0. The van der Waals surface area contributed by atoms with E-state index in [4.69, 9.17) is 11.6 Å². The molecular formula is C12H12ClFO. The minimum Gasteiger partial charge on any atom is -0.294 e. The van der Waals surface area contributed by atoms with Crippen molar-refractivity contribution in [2.75, 3.05) is 0 Å². The molecule has 0 radical (unpaired) electrons. The van der Waals surface area contributed by atoms with Gasteiger partial charge in [0.15, 0.2) is 5.78 Å². The summed E-state index contributed by atoms with van der Waals surface area (Å²) in [6.45, 7) is 5.57. The lowest BCUT2D eigenvalue weighted by Gasteiger charge is -2.03. The van der Waals surface area contributed by atoms with Gasteiger partial charge in [0.05, 0.1) is 5.02 Å². The highest BCUT2D eigenvalue weighted by molar-refractivity contribution is 6.33. The summed E-state index contributed by atoms with van der Waals surface area (Å²) in [6.07, 6.45) is 0.993. The Labute approximate surface area is 93.6 Å². The van der Waals surface area contributed by atoms with Crippen molar-refractivity contribution in [1.82, 2.24) is 0 Å². The molecule has 0 N–H and O–H groups in total. The molecule has 1 nitrogen and oxygen atoms in total. The summed E-state index contributed by atoms with van der Waals surface area (Å²) in [5.41, 5.74) is 1.32. The summed E-state index contributed by atoms with van der Waals surface area (Å²) in [7, 11) is 0. The maximum absolute atomic E-state index is 12.7. The van der Waals surface area contributed by atoms with E-state index in [1.54, 1.807) is 0 Å². The van der Waals surface area contributed by atoms with Crippen molar-refractivity contribution in [1.29, 1.82) is 0 Å². The monoisotopic (exact) mass is 226 g/mol. The zero-order valence-electron chi connectivity index (χ0n) is 8.52. The van der Waals surface area contributed by atoms with Crippen LogP contribution in [-0.4, -0.2) is 5.78 Å². The van der Waals surface area contributed by atoms with Crippen molar-refractivity contribution in [3.8, 4) is 0 Å². The molecule has 0 heterocycles. The Hall–Kier alpha value is -1.15. The van der Waals surface area contributed by atoms with E-state index in [-0.39, 0.29) is 10.8 Å². The van der Waals surface area contributed by atoms with Crippen LogP contribution in [0.5, 0.6) is 0 Å². The molecule has 3 heteroatoms. The second kappa shape index (κ2) is 5.08. The van der Waals surface area contributed by atoms with E-state index >= 15 is 0 Å². The molecule has 0 saturated carbocycles. The van der Waals surface area contributed by atoms with Crippen LogP contribution < -0.4 is 0 Å². The summed E-state index contributed by atoms with van der Waals surface area (Å²) in [5, 5.41) is 0.168. The van der Waals surface area contributed by atoms with Gasteiger partial charge in [-0.2, -0.15) is 0 Å². The minimum absolute atomic E-state index is 0.0806. The average Bonchev–Trinajstić information content (AvgIpc) is 2.14. The molecule has 80 valence electrons. The number of benzene rings is 1. The molecule has 0 aromatic heterocycles. The van der Waals surface area contributed by atoms with E-state index in [0.29, 0.717) is 18.4 Å². The number of hydrogen-bond acceptors (Lipinski definition) is 1. The van der Waals surface area contributed by atoms with Crippen LogP contribution in [0.15, 0.2) is 30.4 Å². The predicted octanol–water partition coefficient (Wildman–Crippen LogP) is 4.02. The van der Waals surface area contributed by atoms with Crippen LogP contribution in [0.1, 0.15) is 30.1 Å². The molecule has 0 saturated heterocycles. The largest absolute Gasteiger partial charge is 0.294 e. The fourth-order valence-corrected chi connectivity index (χ4v) is 1.45. The third-order valence-electron chi connectivity index (χ3n) is 2.01. The smallest absolute Gasteiger partial charge is 0.164 e. The number of ketones is 1. The minimum atomic E-state index is -0.434. The van der Waals surface area contributed by atoms with E-state index in [0.717, 1.165) is 11.6 Å². The maximum Gasteiger partial charge on any atom is 0.164 e. The third-order valence-corrected chi connectivity index (χ3v) is 2.32. The van der Waals surface area contributed by atoms with Gasteiger partial charge in [-0.05, 0) is 31.5 Å². The highest BCUT2D eigenvalue weighted by Gasteiger charge is 2.10. The summed E-state index contributed by atoms with van der Waals surface area (Å²) >= 11 is 5.76. The third kappa shape index (κ3) is 3.48. The highest BCUT2D eigenvalue weighted by Crippen LogP contribution is 2.19. The molecule has 1 aromatic carbocycles. The number of carbonyl (C=O) groups is 1. The molecule has 0 amide bonds. The highest BCUT2D eigenvalue weighted by atomic mass is 35.5. The lowest BCUT2D eigenvalue weighted by Crippen LogP contribution is -2.00. The van der Waals surface area contributed by atoms with Gasteiger partial charge in [-0.15, -0.1) is 6.58 Å². The SMILES string of the molecule is C=C(C)CCC(=O)c1ccc(F)cc1Cl. The lowest BCUT2D eigenvalue weighted by molar-refractivity contribution is 0.0983. The van der Waals surface area contributed by atoms with E-state index in [2.05, 4.69) is 6.58 Å². The Morgan fingerprint density at radius 2 is 2.13 bits per heavy atom. The fourth-order valence-electron chi connectivity index (χ4n) is 1.18. The van der Waals surface area contributed by atoms with Crippen LogP contribution >= 0.6 is 11.6 Å². The van der Waals surface area contributed by atoms with Crippen LogP contribution in [0.25, 0.3) is 0 Å². The van der Waals surface area contributed by atoms with Gasteiger partial charge in [0.2, 0.25) is 0 Å². The first kappa shape index (κ1) is 11.9. The quantitative estimate of drug-likeness (QED) is 0.560. The van der Waals surface area contributed by atoms with Gasteiger partial charge in [-0.25, -0.2) is 4.39 Å². The van der Waals surface area contributed by atoms with Crippen LogP contribution in [0, 0.1) is 5.82 Å². The molecule has 0 unspecified atom stereocenters. The van der Waals surface area contributed by atoms with Crippen LogP contribution in [-0.2, 0) is 0 Å². The summed E-state index contributed by atoms with van der Waals surface area (Å²) in [6, 6.07) is 3.80. The van der Waals surface area contributed by atoms with Crippen molar-refractivity contribution >= 4 is 17.4 Å². The predicted molar refractivity (Wildman–Crippen MR) is 59.8 cm³/mol. The number of Topliss-reactive ketones (excluding diaryl/α,β-unsaturated/α-hetero) is 1. The van der Waals surface area contributed by atoms with Gasteiger partial charge in [-0.3, -0.25) is 4.79 Å². The van der Waals surface area contributed by atoms with Crippen molar-refractivity contribution in [3.05, 3.63) is 46.8 Å². The molecule has 1 aromatic rings. The Balaban J connectivity index is 2.78. The molecule has 0 fully saturated rings. The number of rotatable bonds is 4. The van der Waals surface area contributed by atoms with Crippen molar-refractivity contribution in [2.24, 2.45) is 0 Å². The fraction of sp³-hybridized carbons (Fsp3) is 0.250. The van der Waals surface area contributed by atoms with Crippen molar-refractivity contribution in [3.63, 3.8) is 0 Å². The normalized spacial score (nSPS) is 10.1. The van der Waals surface area contributed by atoms with E-state index in [1.165, 1.54) is 12.1 Å². The molecule has 15 heavy (non-hydrogen) atoms. The maximum atomic E-state index is 12.7. The molecule has 0 bridgehead atoms. The van der Waals surface area contributed by atoms with Crippen molar-refractivity contribution < 1.29 is 9.18 Å². The lowest BCUT2D eigenvalue weighted by atomic mass is 10.0. The van der Waals surface area contributed by atoms with Crippen LogP contribution in [0.4, 0.5) is 4.39 Å². The van der Waals surface area contributed by atoms with Gasteiger partial charge >= 0.3 is 0 Å². The topological polar surface area (TPSA) is 17.1 Å². The molecule has 0 aliphatic rings. The molecule has 0 atom stereocenters. The molecule has 0 aliphatic heterocycles. The summed E-state index contributed by atoms with van der Waals surface area (Å²) < 4.78 is 12.7. The molecule has 0 aliphatic carbocycles. The standard InChI is InChI=1S/C12H12ClFO/c1-8(2)3-6-12(15)10-5-4-9(14)7-11(10)13/h4-5,7H,1,3,6H2,2H3. The van der Waals surface area contributed by atoms with E-state index in [1.807, 2.05) is 6.92 Å². The van der Waals surface area contributed by atoms with Gasteiger partial charge in [0.25, 0.3) is 0 Å². The van der Waals surface area contributed by atoms with Crippen LogP contribution in [0.2, 0.25) is 5.02 Å². The summed E-state index contributed by atoms with van der Waals surface area (Å²) in [5.74, 6) is -0.514. The van der Waals surface area contributed by atoms with Gasteiger partial charge in [0.1, 0.15) is 5.82 Å². The number of carbonyl (C=O) groups excluding carboxylic acids is 1. The first-order valence-corrected chi connectivity index (χ1v) is 5.01. The average molecular weight is 227 g/mol. The first-order chi connectivity index (χ1) is 7.00. The first-order valence-electron chi connectivity index (χ1n) is 4.63. The van der Waals surface area contributed by atoms with Crippen molar-refractivity contribution in [2.45, 2.75) is 19.8 Å². The van der Waals surface area contributed by atoms with Gasteiger partial charge in [0, 0.05) is 12.0 Å². The zero-order chi connectivity index (χ0) is 11.4. The van der Waals surface area contributed by atoms with Gasteiger partial charge in [-0.1, -0.05) is 17.2 Å². The second-order valence-electron chi connectivity index (χ2n) is 3.50. The molecule has 0 spiro atoms. The number of halogens is 2. The Morgan fingerprint density at radius 3 is 2.67 bits per heavy atom. The Bertz CT molecular complexity index is 399. The Morgan fingerprint density at radius 1 is 1.47 bits per heavy atom. The van der Waals surface area contributed by atoms with Crippen LogP contribution in [0.3, 0.4) is 0 Å². The van der Waals surface area contributed by atoms with Gasteiger partial charge < -0.3 is 0 Å². The second-order valence-corrected chi connectivity index (χ2v) is 3.91. The number of allylic oxidation sites excluding steroid dienone is 1. The van der Waals surface area contributed by atoms with E-state index < -0.39 is 5.82 Å². The zero-order valence-corrected chi connectivity index (χ0v) is 9.27. The summed E-state index contributed by atoms with van der Waals surface area (Å²) in [4.78, 5) is 11.6.